The van der Waals surface area contributed by atoms with E-state index in [9.17, 15) is 14.3 Å². The molecule has 2 rings (SSSR count). The molecule has 0 unspecified atom stereocenters. The minimum Gasteiger partial charge on any atom is -0.507 e. The number of phenols is 1. The highest BCUT2D eigenvalue weighted by Crippen LogP contribution is 2.15. The van der Waals surface area contributed by atoms with Crippen molar-refractivity contribution in [3.05, 3.63) is 65.5 Å². The first-order chi connectivity index (χ1) is 10.1. The van der Waals surface area contributed by atoms with Crippen LogP contribution in [0.25, 0.3) is 0 Å². The number of carbonyl (C=O) groups is 1. The third-order valence-electron chi connectivity index (χ3n) is 2.95. The second-order valence-corrected chi connectivity index (χ2v) is 4.38. The van der Waals surface area contributed by atoms with Gasteiger partial charge in [-0.3, -0.25) is 4.79 Å². The first-order valence-electron chi connectivity index (χ1n) is 6.52. The van der Waals surface area contributed by atoms with E-state index >= 15 is 0 Å². The minimum absolute atomic E-state index is 0.106. The molecule has 0 saturated carbocycles. The molecule has 0 saturated heterocycles. The molecule has 0 aromatic heterocycles. The molecule has 2 N–H and O–H groups in total. The van der Waals surface area contributed by atoms with Gasteiger partial charge in [-0.15, -0.1) is 0 Å². The summed E-state index contributed by atoms with van der Waals surface area (Å²) in [6, 6.07) is 12.1. The number of halogens is 1. The predicted octanol–water partition coefficient (Wildman–Crippen LogP) is 3.08. The van der Waals surface area contributed by atoms with Crippen molar-refractivity contribution in [3.8, 4) is 5.75 Å². The van der Waals surface area contributed by atoms with Crippen LogP contribution >= 0.6 is 0 Å². The molecule has 0 aliphatic heterocycles. The van der Waals surface area contributed by atoms with Crippen LogP contribution in [0.3, 0.4) is 0 Å². The van der Waals surface area contributed by atoms with E-state index in [0.29, 0.717) is 12.1 Å². The summed E-state index contributed by atoms with van der Waals surface area (Å²) < 4.78 is 12.9. The highest BCUT2D eigenvalue weighted by atomic mass is 19.1. The lowest BCUT2D eigenvalue weighted by atomic mass is 10.1. The van der Waals surface area contributed by atoms with Crippen molar-refractivity contribution in [3.63, 3.8) is 0 Å². The Balaban J connectivity index is 2.16. The van der Waals surface area contributed by atoms with Crippen LogP contribution in [0.2, 0.25) is 0 Å². The monoisotopic (exact) mass is 286 g/mol. The predicted molar refractivity (Wildman–Crippen MR) is 78.8 cm³/mol. The van der Waals surface area contributed by atoms with Gasteiger partial charge < -0.3 is 5.11 Å². The molecular formula is C16H15FN2O2. The van der Waals surface area contributed by atoms with Gasteiger partial charge in [0.25, 0.3) is 5.91 Å². The fourth-order valence-electron chi connectivity index (χ4n) is 1.83. The van der Waals surface area contributed by atoms with Crippen molar-refractivity contribution >= 4 is 11.6 Å². The van der Waals surface area contributed by atoms with Crippen LogP contribution in [-0.2, 0) is 0 Å². The third-order valence-corrected chi connectivity index (χ3v) is 2.95. The zero-order valence-corrected chi connectivity index (χ0v) is 11.5. The van der Waals surface area contributed by atoms with Gasteiger partial charge in [0.2, 0.25) is 0 Å². The summed E-state index contributed by atoms with van der Waals surface area (Å²) >= 11 is 0. The molecule has 21 heavy (non-hydrogen) atoms. The number of nitrogens with zero attached hydrogens (tertiary/aromatic N) is 1. The summed E-state index contributed by atoms with van der Waals surface area (Å²) in [6.07, 6.45) is 0.576. The number of carbonyl (C=O) groups excluding carboxylic acids is 1. The number of hydrazone groups is 1. The lowest BCUT2D eigenvalue weighted by Gasteiger charge is -2.06. The van der Waals surface area contributed by atoms with E-state index in [4.69, 9.17) is 0 Å². The molecule has 2 aromatic rings. The smallest absolute Gasteiger partial charge is 0.275 e. The number of hydrogen-bond donors (Lipinski definition) is 2. The van der Waals surface area contributed by atoms with Crippen LogP contribution in [0.15, 0.2) is 53.6 Å². The standard InChI is InChI=1S/C16H15FN2O2/c1-2-14(11-7-9-12(17)10-8-11)18-19-16(21)13-5-3-4-6-15(13)20/h3-10,20H,2H2,1H3,(H,19,21)/b18-14-. The number of para-hydroxylation sites is 1. The molecule has 1 amide bonds. The van der Waals surface area contributed by atoms with E-state index in [1.54, 1.807) is 24.3 Å². The Morgan fingerprint density at radius 1 is 1.19 bits per heavy atom. The zero-order valence-electron chi connectivity index (χ0n) is 11.5. The molecule has 0 fully saturated rings. The zero-order chi connectivity index (χ0) is 15.2. The summed E-state index contributed by atoms with van der Waals surface area (Å²) in [7, 11) is 0. The average molecular weight is 286 g/mol. The lowest BCUT2D eigenvalue weighted by molar-refractivity contribution is 0.0952. The van der Waals surface area contributed by atoms with Crippen molar-refractivity contribution < 1.29 is 14.3 Å². The van der Waals surface area contributed by atoms with Crippen molar-refractivity contribution in [2.75, 3.05) is 0 Å². The average Bonchev–Trinajstić information content (AvgIpc) is 2.49. The Hall–Kier alpha value is -2.69. The minimum atomic E-state index is -0.499. The number of aromatic hydroxyl groups is 1. The van der Waals surface area contributed by atoms with Crippen LogP contribution in [0.4, 0.5) is 4.39 Å². The quantitative estimate of drug-likeness (QED) is 0.670. The number of nitrogens with one attached hydrogen (secondary N) is 1. The van der Waals surface area contributed by atoms with E-state index in [1.807, 2.05) is 6.92 Å². The van der Waals surface area contributed by atoms with Crippen molar-refractivity contribution in [2.45, 2.75) is 13.3 Å². The van der Waals surface area contributed by atoms with Gasteiger partial charge in [0.05, 0.1) is 11.3 Å². The molecule has 0 radical (unpaired) electrons. The van der Waals surface area contributed by atoms with Crippen LogP contribution in [0.5, 0.6) is 5.75 Å². The topological polar surface area (TPSA) is 61.7 Å². The maximum atomic E-state index is 12.9. The van der Waals surface area contributed by atoms with E-state index in [0.717, 1.165) is 5.56 Å². The van der Waals surface area contributed by atoms with Gasteiger partial charge in [0.1, 0.15) is 11.6 Å². The van der Waals surface area contributed by atoms with Crippen LogP contribution in [-0.4, -0.2) is 16.7 Å². The highest BCUT2D eigenvalue weighted by Gasteiger charge is 2.10. The fraction of sp³-hybridized carbons (Fsp3) is 0.125. The maximum Gasteiger partial charge on any atom is 0.275 e. The number of amides is 1. The van der Waals surface area contributed by atoms with Crippen LogP contribution in [0, 0.1) is 5.82 Å². The summed E-state index contributed by atoms with van der Waals surface area (Å²) in [4.78, 5) is 11.9. The molecule has 0 aliphatic carbocycles. The summed E-state index contributed by atoms with van der Waals surface area (Å²) in [6.45, 7) is 1.88. The fourth-order valence-corrected chi connectivity index (χ4v) is 1.83. The normalized spacial score (nSPS) is 11.2. The first-order valence-corrected chi connectivity index (χ1v) is 6.52. The lowest BCUT2D eigenvalue weighted by Crippen LogP contribution is -2.20. The second-order valence-electron chi connectivity index (χ2n) is 4.38. The Morgan fingerprint density at radius 2 is 1.86 bits per heavy atom. The highest BCUT2D eigenvalue weighted by molar-refractivity contribution is 6.02. The Morgan fingerprint density at radius 3 is 2.48 bits per heavy atom. The Kier molecular flexibility index (Phi) is 4.66. The van der Waals surface area contributed by atoms with Gasteiger partial charge in [-0.1, -0.05) is 31.2 Å². The van der Waals surface area contributed by atoms with Gasteiger partial charge in [0, 0.05) is 0 Å². The molecule has 108 valence electrons. The molecule has 4 nitrogen and oxygen atoms in total. The van der Waals surface area contributed by atoms with Crippen molar-refractivity contribution in [1.82, 2.24) is 5.43 Å². The molecule has 0 spiro atoms. The maximum absolute atomic E-state index is 12.9. The Labute approximate surface area is 121 Å². The van der Waals surface area contributed by atoms with Gasteiger partial charge in [-0.25, -0.2) is 9.82 Å². The molecular weight excluding hydrogens is 271 g/mol. The molecule has 0 aliphatic rings. The molecule has 0 heterocycles. The van der Waals surface area contributed by atoms with E-state index in [1.165, 1.54) is 24.3 Å². The van der Waals surface area contributed by atoms with Crippen LogP contribution < -0.4 is 5.43 Å². The number of benzene rings is 2. The number of rotatable bonds is 4. The number of hydrogen-bond acceptors (Lipinski definition) is 3. The third kappa shape index (κ3) is 3.66. The van der Waals surface area contributed by atoms with E-state index in [-0.39, 0.29) is 17.1 Å². The second kappa shape index (κ2) is 6.65. The van der Waals surface area contributed by atoms with E-state index < -0.39 is 5.91 Å². The largest absolute Gasteiger partial charge is 0.507 e. The summed E-state index contributed by atoms with van der Waals surface area (Å²) in [5.41, 5.74) is 3.90. The van der Waals surface area contributed by atoms with Crippen molar-refractivity contribution in [1.29, 1.82) is 0 Å². The van der Waals surface area contributed by atoms with Gasteiger partial charge in [0.15, 0.2) is 0 Å². The molecule has 2 aromatic carbocycles. The first kappa shape index (κ1) is 14.7. The van der Waals surface area contributed by atoms with Gasteiger partial charge in [-0.05, 0) is 36.2 Å². The van der Waals surface area contributed by atoms with Gasteiger partial charge in [-0.2, -0.15) is 5.10 Å². The van der Waals surface area contributed by atoms with E-state index in [2.05, 4.69) is 10.5 Å². The summed E-state index contributed by atoms with van der Waals surface area (Å²) in [5.74, 6) is -0.932. The van der Waals surface area contributed by atoms with Gasteiger partial charge >= 0.3 is 0 Å². The Bertz CT molecular complexity index is 666. The molecule has 0 atom stereocenters. The van der Waals surface area contributed by atoms with Crippen LogP contribution in [0.1, 0.15) is 29.3 Å². The molecule has 0 bridgehead atoms. The van der Waals surface area contributed by atoms with Crippen molar-refractivity contribution in [2.24, 2.45) is 5.10 Å². The molecule has 5 heteroatoms. The number of phenolic OH excluding ortho intramolecular Hbond substituents is 1. The summed E-state index contributed by atoms with van der Waals surface area (Å²) in [5, 5.41) is 13.6. The SMILES string of the molecule is CC/C(=N/NC(=O)c1ccccc1O)c1ccc(F)cc1.